The number of hydrogen-bond acceptors (Lipinski definition) is 6. The van der Waals surface area contributed by atoms with Gasteiger partial charge in [-0.25, -0.2) is 4.98 Å². The van der Waals surface area contributed by atoms with E-state index in [0.29, 0.717) is 5.92 Å². The summed E-state index contributed by atoms with van der Waals surface area (Å²) in [6, 6.07) is 12.8. The molecule has 2 N–H and O–H groups in total. The lowest BCUT2D eigenvalue weighted by Gasteiger charge is -2.24. The first-order valence-electron chi connectivity index (χ1n) is 12.2. The summed E-state index contributed by atoms with van der Waals surface area (Å²) >= 11 is 0. The maximum absolute atomic E-state index is 9.88. The smallest absolute Gasteiger partial charge is 0.163 e. The van der Waals surface area contributed by atoms with Crippen LogP contribution in [0.2, 0.25) is 0 Å². The molecule has 33 heavy (non-hydrogen) atoms. The van der Waals surface area contributed by atoms with Gasteiger partial charge in [-0.15, -0.1) is 0 Å². The van der Waals surface area contributed by atoms with E-state index in [1.165, 1.54) is 31.2 Å². The molecule has 0 unspecified atom stereocenters. The lowest BCUT2D eigenvalue weighted by molar-refractivity contribution is -0.158. The molecule has 1 saturated heterocycles. The molecular formula is C26H32N4O3. The molecule has 4 atom stereocenters. The van der Waals surface area contributed by atoms with E-state index in [-0.39, 0.29) is 30.8 Å². The third-order valence-corrected chi connectivity index (χ3v) is 7.52. The number of benzene rings is 1. The molecule has 0 bridgehead atoms. The maximum Gasteiger partial charge on any atom is 0.163 e. The monoisotopic (exact) mass is 448 g/mol. The zero-order chi connectivity index (χ0) is 22.6. The minimum Gasteiger partial charge on any atom is -0.396 e. The van der Waals surface area contributed by atoms with Crippen LogP contribution in [0.1, 0.15) is 57.4 Å². The number of anilines is 1. The third-order valence-electron chi connectivity index (χ3n) is 7.52. The molecule has 3 aromatic rings. The highest BCUT2D eigenvalue weighted by atomic mass is 16.8. The SMILES string of the molecule is CC1(C)O[C@@H]2[C@@H](CO)C[C@@H](Nc3ccnc4cc(-c5cccc(C6CCCC6)c5)nn34)[C@@H]2O1. The summed E-state index contributed by atoms with van der Waals surface area (Å²) in [6.07, 6.45) is 7.59. The number of nitrogens with one attached hydrogen (secondary N) is 1. The molecule has 7 heteroatoms. The minimum absolute atomic E-state index is 0.0258. The van der Waals surface area contributed by atoms with Crippen molar-refractivity contribution in [2.45, 2.75) is 75.9 Å². The number of ether oxygens (including phenoxy) is 2. The van der Waals surface area contributed by atoms with Crippen molar-refractivity contribution in [3.05, 3.63) is 48.2 Å². The molecule has 7 nitrogen and oxygen atoms in total. The van der Waals surface area contributed by atoms with E-state index in [2.05, 4.69) is 34.6 Å². The van der Waals surface area contributed by atoms with Crippen molar-refractivity contribution in [1.29, 1.82) is 0 Å². The van der Waals surface area contributed by atoms with Gasteiger partial charge in [-0.05, 0) is 56.7 Å². The van der Waals surface area contributed by atoms with Gasteiger partial charge in [-0.1, -0.05) is 31.0 Å². The number of nitrogens with zero attached hydrogens (tertiary/aromatic N) is 3. The van der Waals surface area contributed by atoms with Gasteiger partial charge < -0.3 is 19.9 Å². The molecule has 2 aromatic heterocycles. The van der Waals surface area contributed by atoms with E-state index < -0.39 is 5.79 Å². The second kappa shape index (κ2) is 8.08. The van der Waals surface area contributed by atoms with Gasteiger partial charge in [0.2, 0.25) is 0 Å². The van der Waals surface area contributed by atoms with Gasteiger partial charge >= 0.3 is 0 Å². The first-order valence-corrected chi connectivity index (χ1v) is 12.2. The van der Waals surface area contributed by atoms with Crippen molar-refractivity contribution in [3.63, 3.8) is 0 Å². The maximum atomic E-state index is 9.88. The zero-order valence-corrected chi connectivity index (χ0v) is 19.3. The van der Waals surface area contributed by atoms with Gasteiger partial charge in [0, 0.05) is 30.4 Å². The average molecular weight is 449 g/mol. The Kier molecular flexibility index (Phi) is 5.16. The predicted molar refractivity (Wildman–Crippen MR) is 126 cm³/mol. The first-order chi connectivity index (χ1) is 16.0. The highest BCUT2D eigenvalue weighted by Crippen LogP contribution is 2.42. The van der Waals surface area contributed by atoms with Crippen molar-refractivity contribution in [2.24, 2.45) is 5.92 Å². The van der Waals surface area contributed by atoms with Crippen LogP contribution >= 0.6 is 0 Å². The van der Waals surface area contributed by atoms with Gasteiger partial charge in [0.25, 0.3) is 0 Å². The fraction of sp³-hybridized carbons (Fsp3) is 0.538. The second-order valence-corrected chi connectivity index (χ2v) is 10.2. The molecule has 3 aliphatic rings. The molecule has 0 radical (unpaired) electrons. The molecule has 6 rings (SSSR count). The molecule has 2 aliphatic carbocycles. The Balaban J connectivity index is 1.29. The normalized spacial score (nSPS) is 29.1. The summed E-state index contributed by atoms with van der Waals surface area (Å²) < 4.78 is 14.2. The number of rotatable bonds is 5. The number of hydrogen-bond donors (Lipinski definition) is 2. The van der Waals surface area contributed by atoms with E-state index in [4.69, 9.17) is 14.6 Å². The van der Waals surface area contributed by atoms with Crippen molar-refractivity contribution < 1.29 is 14.6 Å². The molecule has 0 amide bonds. The fourth-order valence-corrected chi connectivity index (χ4v) is 5.95. The largest absolute Gasteiger partial charge is 0.396 e. The average Bonchev–Trinajstić information content (AvgIpc) is 3.58. The van der Waals surface area contributed by atoms with Crippen LogP contribution in [0.5, 0.6) is 0 Å². The number of aliphatic hydroxyl groups excluding tert-OH is 1. The van der Waals surface area contributed by atoms with Gasteiger partial charge in [0.1, 0.15) is 11.9 Å². The van der Waals surface area contributed by atoms with Crippen LogP contribution in [0.15, 0.2) is 42.6 Å². The van der Waals surface area contributed by atoms with Crippen LogP contribution in [-0.4, -0.2) is 50.3 Å². The highest BCUT2D eigenvalue weighted by molar-refractivity contribution is 5.66. The van der Waals surface area contributed by atoms with Gasteiger partial charge in [0.15, 0.2) is 11.4 Å². The van der Waals surface area contributed by atoms with E-state index >= 15 is 0 Å². The Hall–Kier alpha value is -2.48. The van der Waals surface area contributed by atoms with Crippen molar-refractivity contribution in [3.8, 4) is 11.3 Å². The zero-order valence-electron chi connectivity index (χ0n) is 19.3. The Morgan fingerprint density at radius 2 is 1.94 bits per heavy atom. The number of aromatic nitrogens is 3. The summed E-state index contributed by atoms with van der Waals surface area (Å²) in [6.45, 7) is 3.95. The fourth-order valence-electron chi connectivity index (χ4n) is 5.95. The topological polar surface area (TPSA) is 80.9 Å². The van der Waals surface area contributed by atoms with Crippen molar-refractivity contribution in [2.75, 3.05) is 11.9 Å². The van der Waals surface area contributed by atoms with Crippen LogP contribution in [0.4, 0.5) is 5.82 Å². The molecule has 3 heterocycles. The minimum atomic E-state index is -0.639. The molecule has 1 aliphatic heterocycles. The molecule has 1 aromatic carbocycles. The Morgan fingerprint density at radius 1 is 1.12 bits per heavy atom. The summed E-state index contributed by atoms with van der Waals surface area (Å²) in [5, 5.41) is 18.4. The van der Waals surface area contributed by atoms with Crippen LogP contribution < -0.4 is 5.32 Å². The predicted octanol–water partition coefficient (Wildman–Crippen LogP) is 4.37. The standard InChI is InChI=1S/C26H32N4O3/c1-26(2)32-24-19(15-31)13-21(25(24)33-26)28-22-10-11-27-23-14-20(29-30(22)23)18-9-5-8-17(12-18)16-6-3-4-7-16/h5,8-12,14,16,19,21,24-25,28,31H,3-4,6-7,13,15H2,1-2H3/t19-,21-,24-,25+/m1/s1. The molecule has 174 valence electrons. The number of aliphatic hydroxyl groups is 1. The molecule has 2 saturated carbocycles. The van der Waals surface area contributed by atoms with E-state index in [9.17, 15) is 5.11 Å². The van der Waals surface area contributed by atoms with Crippen LogP contribution in [-0.2, 0) is 9.47 Å². The van der Waals surface area contributed by atoms with Crippen LogP contribution in [0.25, 0.3) is 16.9 Å². The van der Waals surface area contributed by atoms with E-state index in [1.54, 1.807) is 0 Å². The second-order valence-electron chi connectivity index (χ2n) is 10.2. The van der Waals surface area contributed by atoms with E-state index in [1.807, 2.05) is 36.7 Å². The van der Waals surface area contributed by atoms with Gasteiger partial charge in [-0.2, -0.15) is 9.61 Å². The lowest BCUT2D eigenvalue weighted by Crippen LogP contribution is -2.35. The van der Waals surface area contributed by atoms with Crippen LogP contribution in [0, 0.1) is 5.92 Å². The summed E-state index contributed by atoms with van der Waals surface area (Å²) in [7, 11) is 0. The molecule has 0 spiro atoms. The summed E-state index contributed by atoms with van der Waals surface area (Å²) in [5.41, 5.74) is 4.28. The first kappa shape index (κ1) is 21.1. The lowest BCUT2D eigenvalue weighted by atomic mass is 9.95. The third kappa shape index (κ3) is 3.82. The summed E-state index contributed by atoms with van der Waals surface area (Å²) in [5.74, 6) is 0.955. The Labute approximate surface area is 194 Å². The molecular weight excluding hydrogens is 416 g/mol. The van der Waals surface area contributed by atoms with Gasteiger partial charge in [-0.3, -0.25) is 0 Å². The van der Waals surface area contributed by atoms with Crippen molar-refractivity contribution in [1.82, 2.24) is 14.6 Å². The van der Waals surface area contributed by atoms with Crippen LogP contribution in [0.3, 0.4) is 0 Å². The molecule has 3 fully saturated rings. The van der Waals surface area contributed by atoms with Crippen molar-refractivity contribution >= 4 is 11.5 Å². The highest BCUT2D eigenvalue weighted by Gasteiger charge is 2.53. The quantitative estimate of drug-likeness (QED) is 0.603. The Bertz CT molecular complexity index is 1150. The number of fused-ring (bicyclic) bond motifs is 2. The Morgan fingerprint density at radius 3 is 2.76 bits per heavy atom. The summed E-state index contributed by atoms with van der Waals surface area (Å²) in [4.78, 5) is 4.55. The van der Waals surface area contributed by atoms with E-state index in [0.717, 1.165) is 29.1 Å². The van der Waals surface area contributed by atoms with Gasteiger partial charge in [0.05, 0.1) is 17.8 Å².